The molecule has 2 aromatic carbocycles. The molecule has 0 bridgehead atoms. The van der Waals surface area contributed by atoms with Gasteiger partial charge < -0.3 is 5.32 Å². The molecule has 0 unspecified atom stereocenters. The molecule has 0 fully saturated rings. The monoisotopic (exact) mass is 374 g/mol. The average Bonchev–Trinajstić information content (AvgIpc) is 2.44. The molecule has 0 aliphatic rings. The van der Waals surface area contributed by atoms with Crippen molar-refractivity contribution >= 4 is 27.3 Å². The van der Waals surface area contributed by atoms with E-state index in [9.17, 15) is 23.3 Å². The molecule has 0 spiro atoms. The average molecular weight is 375 g/mol. The molecule has 0 radical (unpaired) electrons. The van der Waals surface area contributed by atoms with Gasteiger partial charge in [-0.1, -0.05) is 28.1 Å². The third-order valence-electron chi connectivity index (χ3n) is 2.89. The summed E-state index contributed by atoms with van der Waals surface area (Å²) < 4.78 is 38.7. The number of halogens is 4. The Morgan fingerprint density at radius 2 is 1.91 bits per heavy atom. The molecule has 2 aromatic rings. The van der Waals surface area contributed by atoms with Crippen molar-refractivity contribution in [3.05, 3.63) is 68.2 Å². The number of nitro groups is 1. The number of hydrogen-bond donors (Lipinski definition) is 1. The van der Waals surface area contributed by atoms with E-state index in [4.69, 9.17) is 0 Å². The maximum atomic E-state index is 12.6. The van der Waals surface area contributed by atoms with E-state index in [1.54, 1.807) is 12.1 Å². The zero-order valence-corrected chi connectivity index (χ0v) is 12.6. The Kier molecular flexibility index (Phi) is 4.70. The number of alkyl halides is 3. The largest absolute Gasteiger partial charge is 0.416 e. The smallest absolute Gasteiger partial charge is 0.375 e. The Hall–Kier alpha value is -2.09. The Morgan fingerprint density at radius 3 is 2.50 bits per heavy atom. The SMILES string of the molecule is O=[N+]([O-])c1cc(C(F)(F)F)ccc1NCc1cccc(Br)c1. The first kappa shape index (κ1) is 16.3. The highest BCUT2D eigenvalue weighted by molar-refractivity contribution is 9.10. The summed E-state index contributed by atoms with van der Waals surface area (Å²) in [6.45, 7) is 0.256. The summed E-state index contributed by atoms with van der Waals surface area (Å²) in [7, 11) is 0. The molecule has 1 N–H and O–H groups in total. The van der Waals surface area contributed by atoms with Crippen LogP contribution in [0.2, 0.25) is 0 Å². The lowest BCUT2D eigenvalue weighted by molar-refractivity contribution is -0.384. The summed E-state index contributed by atoms with van der Waals surface area (Å²) in [5.74, 6) is 0. The van der Waals surface area contributed by atoms with Crippen molar-refractivity contribution in [1.82, 2.24) is 0 Å². The predicted octanol–water partition coefficient (Wildman–Crippen LogP) is 4.99. The summed E-state index contributed by atoms with van der Waals surface area (Å²) in [6.07, 6.45) is -4.62. The molecular formula is C14H10BrF3N2O2. The molecule has 0 amide bonds. The van der Waals surface area contributed by atoms with E-state index in [1.165, 1.54) is 0 Å². The van der Waals surface area contributed by atoms with Crippen LogP contribution in [0, 0.1) is 10.1 Å². The Labute approximate surface area is 132 Å². The standard InChI is InChI=1S/C14H10BrF3N2O2/c15-11-3-1-2-9(6-11)8-19-12-5-4-10(14(16,17)18)7-13(12)20(21)22/h1-7,19H,8H2. The molecule has 2 rings (SSSR count). The number of rotatable bonds is 4. The van der Waals surface area contributed by atoms with Crippen molar-refractivity contribution < 1.29 is 18.1 Å². The first-order valence-electron chi connectivity index (χ1n) is 6.11. The fourth-order valence-corrected chi connectivity index (χ4v) is 2.30. The van der Waals surface area contributed by atoms with Gasteiger partial charge in [-0.3, -0.25) is 10.1 Å². The second-order valence-electron chi connectivity index (χ2n) is 4.47. The maximum absolute atomic E-state index is 12.6. The van der Waals surface area contributed by atoms with E-state index in [-0.39, 0.29) is 12.2 Å². The van der Waals surface area contributed by atoms with Crippen LogP contribution >= 0.6 is 15.9 Å². The maximum Gasteiger partial charge on any atom is 0.416 e. The molecule has 0 saturated heterocycles. The van der Waals surface area contributed by atoms with E-state index in [2.05, 4.69) is 21.2 Å². The zero-order valence-electron chi connectivity index (χ0n) is 11.0. The molecule has 0 saturated carbocycles. The van der Waals surface area contributed by atoms with E-state index < -0.39 is 22.4 Å². The van der Waals surface area contributed by atoms with Gasteiger partial charge in [0.1, 0.15) is 5.69 Å². The minimum Gasteiger partial charge on any atom is -0.375 e. The number of nitrogens with zero attached hydrogens (tertiary/aromatic N) is 1. The van der Waals surface area contributed by atoms with Crippen LogP contribution in [0.25, 0.3) is 0 Å². The van der Waals surface area contributed by atoms with Crippen LogP contribution in [0.15, 0.2) is 46.9 Å². The predicted molar refractivity (Wildman–Crippen MR) is 79.6 cm³/mol. The first-order chi connectivity index (χ1) is 10.3. The van der Waals surface area contributed by atoms with Crippen molar-refractivity contribution in [1.29, 1.82) is 0 Å². The third kappa shape index (κ3) is 3.97. The number of hydrogen-bond acceptors (Lipinski definition) is 3. The molecular weight excluding hydrogens is 365 g/mol. The van der Waals surface area contributed by atoms with Crippen molar-refractivity contribution in [2.45, 2.75) is 12.7 Å². The molecule has 22 heavy (non-hydrogen) atoms. The quantitative estimate of drug-likeness (QED) is 0.605. The summed E-state index contributed by atoms with van der Waals surface area (Å²) in [4.78, 5) is 10.1. The third-order valence-corrected chi connectivity index (χ3v) is 3.39. The lowest BCUT2D eigenvalue weighted by Gasteiger charge is -2.10. The highest BCUT2D eigenvalue weighted by Crippen LogP contribution is 2.35. The lowest BCUT2D eigenvalue weighted by Crippen LogP contribution is -2.08. The minimum absolute atomic E-state index is 0.0398. The van der Waals surface area contributed by atoms with Gasteiger partial charge in [-0.25, -0.2) is 0 Å². The topological polar surface area (TPSA) is 55.2 Å². The van der Waals surface area contributed by atoms with Gasteiger partial charge in [0.2, 0.25) is 0 Å². The highest BCUT2D eigenvalue weighted by atomic mass is 79.9. The fourth-order valence-electron chi connectivity index (χ4n) is 1.85. The molecule has 0 aliphatic carbocycles. The van der Waals surface area contributed by atoms with E-state index in [0.29, 0.717) is 6.07 Å². The van der Waals surface area contributed by atoms with Gasteiger partial charge in [-0.05, 0) is 29.8 Å². The van der Waals surface area contributed by atoms with Crippen LogP contribution in [-0.4, -0.2) is 4.92 Å². The highest BCUT2D eigenvalue weighted by Gasteiger charge is 2.32. The summed E-state index contributed by atoms with van der Waals surface area (Å²) in [5.41, 5.74) is -0.779. The Morgan fingerprint density at radius 1 is 1.18 bits per heavy atom. The Balaban J connectivity index is 2.25. The van der Waals surface area contributed by atoms with Gasteiger partial charge in [0.15, 0.2) is 0 Å². The van der Waals surface area contributed by atoms with Crippen LogP contribution in [0.1, 0.15) is 11.1 Å². The van der Waals surface area contributed by atoms with Gasteiger partial charge in [-0.15, -0.1) is 0 Å². The van der Waals surface area contributed by atoms with Gasteiger partial charge in [0.25, 0.3) is 5.69 Å². The number of anilines is 1. The van der Waals surface area contributed by atoms with Crippen LogP contribution in [0.5, 0.6) is 0 Å². The number of nitro benzene ring substituents is 1. The van der Waals surface area contributed by atoms with Gasteiger partial charge in [0.05, 0.1) is 10.5 Å². The van der Waals surface area contributed by atoms with Crippen molar-refractivity contribution in [3.63, 3.8) is 0 Å². The summed E-state index contributed by atoms with van der Waals surface area (Å²) in [5, 5.41) is 13.7. The van der Waals surface area contributed by atoms with Crippen molar-refractivity contribution in [2.75, 3.05) is 5.32 Å². The minimum atomic E-state index is -4.62. The molecule has 116 valence electrons. The second kappa shape index (κ2) is 6.35. The molecule has 0 atom stereocenters. The molecule has 0 aromatic heterocycles. The second-order valence-corrected chi connectivity index (χ2v) is 5.39. The molecule has 0 aliphatic heterocycles. The van der Waals surface area contributed by atoms with E-state index >= 15 is 0 Å². The zero-order chi connectivity index (χ0) is 16.3. The van der Waals surface area contributed by atoms with Gasteiger partial charge in [-0.2, -0.15) is 13.2 Å². The molecule has 8 heteroatoms. The van der Waals surface area contributed by atoms with Crippen LogP contribution in [0.4, 0.5) is 24.5 Å². The van der Waals surface area contributed by atoms with Crippen LogP contribution in [0.3, 0.4) is 0 Å². The number of benzene rings is 2. The Bertz CT molecular complexity index is 705. The van der Waals surface area contributed by atoms with Gasteiger partial charge >= 0.3 is 6.18 Å². The van der Waals surface area contributed by atoms with E-state index in [1.807, 2.05) is 12.1 Å². The number of nitrogens with one attached hydrogen (secondary N) is 1. The molecule has 4 nitrogen and oxygen atoms in total. The van der Waals surface area contributed by atoms with Crippen LogP contribution in [-0.2, 0) is 12.7 Å². The summed E-state index contributed by atoms with van der Waals surface area (Å²) >= 11 is 3.30. The van der Waals surface area contributed by atoms with E-state index in [0.717, 1.165) is 22.2 Å². The molecule has 0 heterocycles. The normalized spacial score (nSPS) is 11.3. The van der Waals surface area contributed by atoms with Gasteiger partial charge in [0, 0.05) is 17.1 Å². The van der Waals surface area contributed by atoms with Crippen LogP contribution < -0.4 is 5.32 Å². The van der Waals surface area contributed by atoms with Crippen molar-refractivity contribution in [3.8, 4) is 0 Å². The lowest BCUT2D eigenvalue weighted by atomic mass is 10.1. The first-order valence-corrected chi connectivity index (χ1v) is 6.90. The van der Waals surface area contributed by atoms with Crippen molar-refractivity contribution in [2.24, 2.45) is 0 Å². The summed E-state index contributed by atoms with van der Waals surface area (Å²) in [6, 6.07) is 9.64. The fraction of sp³-hybridized carbons (Fsp3) is 0.143.